The number of hydrogen-bond donors (Lipinski definition) is 0. The van der Waals surface area contributed by atoms with Crippen molar-refractivity contribution >= 4 is 22.6 Å². The summed E-state index contributed by atoms with van der Waals surface area (Å²) in [5.74, 6) is -1.85. The van der Waals surface area contributed by atoms with Gasteiger partial charge < -0.3 is 19.4 Å². The molecule has 2 aromatic carbocycles. The number of aromatic nitrogens is 2. The van der Waals surface area contributed by atoms with Crippen molar-refractivity contribution in [2.75, 3.05) is 50.8 Å². The molecule has 8 nitrogen and oxygen atoms in total. The van der Waals surface area contributed by atoms with Crippen LogP contribution < -0.4 is 9.64 Å². The first kappa shape index (κ1) is 30.1. The number of fused-ring (bicyclic) bond motifs is 5. The molecule has 1 amide bonds. The van der Waals surface area contributed by atoms with Crippen LogP contribution >= 0.6 is 0 Å². The van der Waals surface area contributed by atoms with Gasteiger partial charge in [-0.2, -0.15) is 9.97 Å². The van der Waals surface area contributed by atoms with Gasteiger partial charge in [0.1, 0.15) is 36.0 Å². The molecule has 5 atom stereocenters. The van der Waals surface area contributed by atoms with E-state index in [1.165, 1.54) is 11.0 Å². The molecule has 2 aliphatic carbocycles. The molecule has 0 bridgehead atoms. The molecule has 3 saturated heterocycles. The van der Waals surface area contributed by atoms with Crippen molar-refractivity contribution in [3.63, 3.8) is 0 Å². The predicted molar refractivity (Wildman–Crippen MR) is 167 cm³/mol. The number of rotatable bonds is 7. The van der Waals surface area contributed by atoms with E-state index >= 15 is 4.39 Å². The number of hydrogen-bond acceptors (Lipinski definition) is 6. The normalized spacial score (nSPS) is 27.8. The first-order valence-electron chi connectivity index (χ1n) is 16.2. The van der Waals surface area contributed by atoms with Gasteiger partial charge in [0.2, 0.25) is 6.54 Å². The van der Waals surface area contributed by atoms with Crippen LogP contribution in [0.15, 0.2) is 36.7 Å². The Bertz CT molecular complexity index is 1860. The summed E-state index contributed by atoms with van der Waals surface area (Å²) in [5.41, 5.74) is 2.04. The summed E-state index contributed by atoms with van der Waals surface area (Å²) < 4.78 is 66.1. The SMILES string of the molecule is [C-]#[N+]C[C@H]1CN(c2nc(OC[C@@]34CCCN3C[C@H](F)C4)nc3c(F)c(-c4ccc(F)c5c4C[C@H]4C[C@@H]54)ccc23)CCN1C(=O)C(=C)F. The van der Waals surface area contributed by atoms with E-state index < -0.39 is 35.3 Å². The summed E-state index contributed by atoms with van der Waals surface area (Å²) in [7, 11) is 0. The van der Waals surface area contributed by atoms with Crippen molar-refractivity contribution in [2.24, 2.45) is 5.92 Å². The molecular weight excluding hydrogens is 612 g/mol. The number of benzene rings is 2. The number of carbonyl (C=O) groups is 1. The minimum atomic E-state index is -1.10. The lowest BCUT2D eigenvalue weighted by Gasteiger charge is -2.39. The van der Waals surface area contributed by atoms with Gasteiger partial charge >= 0.3 is 6.01 Å². The third kappa shape index (κ3) is 4.93. The largest absolute Gasteiger partial charge is 0.461 e. The van der Waals surface area contributed by atoms with E-state index in [2.05, 4.69) is 21.3 Å². The highest BCUT2D eigenvalue weighted by Crippen LogP contribution is 2.58. The molecule has 47 heavy (non-hydrogen) atoms. The van der Waals surface area contributed by atoms with Gasteiger partial charge in [-0.1, -0.05) is 18.7 Å². The Labute approximate surface area is 269 Å². The minimum Gasteiger partial charge on any atom is -0.461 e. The topological polar surface area (TPSA) is 66.2 Å². The van der Waals surface area contributed by atoms with Gasteiger partial charge in [0.15, 0.2) is 11.6 Å². The highest BCUT2D eigenvalue weighted by molar-refractivity contribution is 5.95. The number of ether oxygens (including phenoxy) is 1. The van der Waals surface area contributed by atoms with Crippen molar-refractivity contribution in [3.05, 3.63) is 70.8 Å². The fourth-order valence-corrected chi connectivity index (χ4v) is 8.62. The van der Waals surface area contributed by atoms with Crippen LogP contribution in [0.4, 0.5) is 23.4 Å². The molecule has 8 rings (SSSR count). The van der Waals surface area contributed by atoms with Gasteiger partial charge in [0.25, 0.3) is 5.91 Å². The van der Waals surface area contributed by atoms with Crippen LogP contribution in [-0.2, 0) is 11.2 Å². The van der Waals surface area contributed by atoms with Gasteiger partial charge in [-0.25, -0.2) is 24.1 Å². The van der Waals surface area contributed by atoms with Gasteiger partial charge in [-0.3, -0.25) is 9.69 Å². The molecule has 3 aliphatic heterocycles. The van der Waals surface area contributed by atoms with Crippen LogP contribution in [0.2, 0.25) is 0 Å². The molecule has 4 heterocycles. The van der Waals surface area contributed by atoms with E-state index in [1.807, 2.05) is 4.90 Å². The molecular formula is C35H34F4N6O2. The summed E-state index contributed by atoms with van der Waals surface area (Å²) in [6, 6.07) is 5.74. The Morgan fingerprint density at radius 1 is 1.13 bits per heavy atom. The highest BCUT2D eigenvalue weighted by Gasteiger charge is 2.50. The standard InChI is InChI=1S/C35H34F4N6O2/c1-19(36)33(46)45-11-10-43(17-22(45)15-40-2)32-25-5-4-24(23-6-7-28(38)29-26-12-20(26)13-27(23)29)30(39)31(25)41-34(42-32)47-18-35-8-3-9-44(35)16-21(37)14-35/h4-7,20-22,26H,1,3,8-18H2/t20-,21-,22+,26-,35+/m1/s1. The monoisotopic (exact) mass is 646 g/mol. The Morgan fingerprint density at radius 2 is 1.96 bits per heavy atom. The molecule has 3 aromatic rings. The first-order chi connectivity index (χ1) is 22.7. The zero-order valence-corrected chi connectivity index (χ0v) is 25.8. The minimum absolute atomic E-state index is 0.0247. The number of piperazine rings is 1. The third-order valence-corrected chi connectivity index (χ3v) is 10.9. The molecule has 12 heteroatoms. The smallest absolute Gasteiger partial charge is 0.319 e. The molecule has 0 radical (unpaired) electrons. The third-order valence-electron chi connectivity index (χ3n) is 10.9. The Hall–Kier alpha value is -4.24. The molecule has 1 saturated carbocycles. The number of carbonyl (C=O) groups excluding carboxylic acids is 1. The maximum absolute atomic E-state index is 16.8. The molecule has 244 valence electrons. The van der Waals surface area contributed by atoms with Gasteiger partial charge in [-0.05, 0) is 72.9 Å². The zero-order valence-electron chi connectivity index (χ0n) is 25.8. The molecule has 1 aromatic heterocycles. The zero-order chi connectivity index (χ0) is 32.6. The van der Waals surface area contributed by atoms with Crippen molar-refractivity contribution in [1.29, 1.82) is 0 Å². The molecule has 4 fully saturated rings. The highest BCUT2D eigenvalue weighted by atomic mass is 19.1. The first-order valence-corrected chi connectivity index (χ1v) is 16.2. The number of halogens is 4. The average molecular weight is 647 g/mol. The van der Waals surface area contributed by atoms with E-state index in [4.69, 9.17) is 16.3 Å². The second-order valence-electron chi connectivity index (χ2n) is 13.7. The summed E-state index contributed by atoms with van der Waals surface area (Å²) in [6.07, 6.45) is 2.77. The van der Waals surface area contributed by atoms with Crippen LogP contribution in [0.1, 0.15) is 42.7 Å². The van der Waals surface area contributed by atoms with E-state index in [0.717, 1.165) is 31.4 Å². The number of anilines is 1. The van der Waals surface area contributed by atoms with E-state index in [9.17, 15) is 18.0 Å². The Kier molecular flexibility index (Phi) is 7.17. The van der Waals surface area contributed by atoms with Gasteiger partial charge in [-0.15, -0.1) is 0 Å². The Balaban J connectivity index is 1.20. The van der Waals surface area contributed by atoms with Gasteiger partial charge in [0.05, 0.1) is 5.54 Å². The van der Waals surface area contributed by atoms with Crippen molar-refractivity contribution in [2.45, 2.75) is 55.8 Å². The van der Waals surface area contributed by atoms with Gasteiger partial charge in [0, 0.05) is 43.5 Å². The Morgan fingerprint density at radius 3 is 2.77 bits per heavy atom. The van der Waals surface area contributed by atoms with E-state index in [0.29, 0.717) is 53.2 Å². The average Bonchev–Trinajstić information content (AvgIpc) is 3.36. The quantitative estimate of drug-likeness (QED) is 0.189. The second-order valence-corrected chi connectivity index (χ2v) is 13.7. The number of amides is 1. The van der Waals surface area contributed by atoms with Crippen LogP contribution in [0, 0.1) is 24.1 Å². The van der Waals surface area contributed by atoms with Crippen LogP contribution in [0.3, 0.4) is 0 Å². The second kappa shape index (κ2) is 11.2. The van der Waals surface area contributed by atoms with E-state index in [-0.39, 0.29) is 56.0 Å². The molecule has 0 spiro atoms. The predicted octanol–water partition coefficient (Wildman–Crippen LogP) is 5.61. The van der Waals surface area contributed by atoms with E-state index in [1.54, 1.807) is 18.2 Å². The fraction of sp³-hybridized carbons (Fsp3) is 0.486. The van der Waals surface area contributed by atoms with Crippen LogP contribution in [0.25, 0.3) is 26.9 Å². The number of alkyl halides is 1. The molecule has 0 N–H and O–H groups in total. The molecule has 0 unspecified atom stereocenters. The lowest BCUT2D eigenvalue weighted by atomic mass is 9.93. The maximum Gasteiger partial charge on any atom is 0.319 e. The van der Waals surface area contributed by atoms with Crippen molar-refractivity contribution in [1.82, 2.24) is 19.8 Å². The summed E-state index contributed by atoms with van der Waals surface area (Å²) >= 11 is 0. The van der Waals surface area contributed by atoms with Crippen LogP contribution in [0.5, 0.6) is 6.01 Å². The van der Waals surface area contributed by atoms with Crippen LogP contribution in [-0.4, -0.2) is 89.3 Å². The van der Waals surface area contributed by atoms with Crippen molar-refractivity contribution in [3.8, 4) is 17.1 Å². The lowest BCUT2D eigenvalue weighted by Crippen LogP contribution is -2.56. The molecule has 5 aliphatic rings. The summed E-state index contributed by atoms with van der Waals surface area (Å²) in [4.78, 5) is 30.6. The summed E-state index contributed by atoms with van der Waals surface area (Å²) in [5, 5.41) is 0.404. The number of nitrogens with zero attached hydrogens (tertiary/aromatic N) is 6. The summed E-state index contributed by atoms with van der Waals surface area (Å²) in [6.45, 7) is 12.3. The lowest BCUT2D eigenvalue weighted by molar-refractivity contribution is -0.131. The van der Waals surface area contributed by atoms with Crippen molar-refractivity contribution < 1.29 is 27.1 Å². The maximum atomic E-state index is 16.8. The fourth-order valence-electron chi connectivity index (χ4n) is 8.62.